The minimum atomic E-state index is -0.0117. The Morgan fingerprint density at radius 1 is 1.24 bits per heavy atom. The van der Waals surface area contributed by atoms with Crippen molar-refractivity contribution in [1.82, 2.24) is 0 Å². The maximum absolute atomic E-state index is 12.2. The molecule has 1 amide bonds. The number of fused-ring (bicyclic) bond motifs is 1. The molecule has 0 atom stereocenters. The molecule has 1 aliphatic heterocycles. The number of carbonyl (C=O) groups excluding carboxylic acids is 1. The summed E-state index contributed by atoms with van der Waals surface area (Å²) in [6.45, 7) is 5.08. The summed E-state index contributed by atoms with van der Waals surface area (Å²) in [5.41, 5.74) is 4.14. The number of hydrogen-bond acceptors (Lipinski definition) is 4. The molecule has 25 heavy (non-hydrogen) atoms. The van der Waals surface area contributed by atoms with Gasteiger partial charge in [0.2, 0.25) is 5.91 Å². The number of rotatable bonds is 5. The van der Waals surface area contributed by atoms with E-state index in [4.69, 9.17) is 21.1 Å². The molecule has 0 aromatic heterocycles. The topological polar surface area (TPSA) is 47.6 Å². The van der Waals surface area contributed by atoms with Crippen molar-refractivity contribution in [2.24, 2.45) is 0 Å². The van der Waals surface area contributed by atoms with Crippen LogP contribution in [0.25, 0.3) is 0 Å². The van der Waals surface area contributed by atoms with Crippen molar-refractivity contribution < 1.29 is 14.3 Å². The fourth-order valence-electron chi connectivity index (χ4n) is 2.58. The third-order valence-electron chi connectivity index (χ3n) is 4.04. The minimum absolute atomic E-state index is 0.0117. The van der Waals surface area contributed by atoms with Crippen LogP contribution >= 0.6 is 23.4 Å². The number of ether oxygens (including phenoxy) is 2. The van der Waals surface area contributed by atoms with E-state index in [1.807, 2.05) is 44.2 Å². The summed E-state index contributed by atoms with van der Waals surface area (Å²) in [6, 6.07) is 9.69. The lowest BCUT2D eigenvalue weighted by Crippen LogP contribution is -2.16. The van der Waals surface area contributed by atoms with Gasteiger partial charge in [0.05, 0.1) is 10.8 Å². The van der Waals surface area contributed by atoms with Crippen LogP contribution in [0.15, 0.2) is 30.3 Å². The normalized spacial score (nSPS) is 12.8. The first-order chi connectivity index (χ1) is 12.0. The molecule has 0 aliphatic carbocycles. The lowest BCUT2D eigenvalue weighted by Gasteiger charge is -2.20. The molecule has 0 spiro atoms. The van der Waals surface area contributed by atoms with Gasteiger partial charge >= 0.3 is 0 Å². The number of thioether (sulfide) groups is 1. The van der Waals surface area contributed by atoms with E-state index in [1.54, 1.807) is 0 Å². The van der Waals surface area contributed by atoms with Crippen molar-refractivity contribution in [3.05, 3.63) is 52.0 Å². The smallest absolute Gasteiger partial charge is 0.234 e. The van der Waals surface area contributed by atoms with Gasteiger partial charge in [-0.05, 0) is 48.7 Å². The highest BCUT2D eigenvalue weighted by molar-refractivity contribution is 7.99. The Morgan fingerprint density at radius 2 is 2.04 bits per heavy atom. The Hall–Kier alpha value is -1.85. The van der Waals surface area contributed by atoms with E-state index in [9.17, 15) is 4.79 Å². The van der Waals surface area contributed by atoms with Crippen LogP contribution in [0.3, 0.4) is 0 Å². The quantitative estimate of drug-likeness (QED) is 0.827. The number of carbonyl (C=O) groups is 1. The van der Waals surface area contributed by atoms with Gasteiger partial charge in [0, 0.05) is 11.4 Å². The van der Waals surface area contributed by atoms with Crippen LogP contribution in [0.5, 0.6) is 11.5 Å². The standard InChI is InChI=1S/C19H20ClNO3S/c1-12-4-3-5-16(13(12)2)21-18(22)11-25-10-14-8-15(20)19-17(9-14)23-6-7-24-19/h3-5,8-9H,6-7,10-11H2,1-2H3,(H,21,22). The van der Waals surface area contributed by atoms with Crippen LogP contribution < -0.4 is 14.8 Å². The van der Waals surface area contributed by atoms with Crippen molar-refractivity contribution in [2.45, 2.75) is 19.6 Å². The van der Waals surface area contributed by atoms with Crippen LogP contribution in [0, 0.1) is 13.8 Å². The maximum Gasteiger partial charge on any atom is 0.234 e. The van der Waals surface area contributed by atoms with Gasteiger partial charge in [-0.3, -0.25) is 4.79 Å². The fraction of sp³-hybridized carbons (Fsp3) is 0.316. The second-order valence-electron chi connectivity index (χ2n) is 5.89. The van der Waals surface area contributed by atoms with Gasteiger partial charge in [-0.2, -0.15) is 0 Å². The number of amides is 1. The predicted octanol–water partition coefficient (Wildman–Crippen LogP) is 4.60. The highest BCUT2D eigenvalue weighted by atomic mass is 35.5. The summed E-state index contributed by atoms with van der Waals surface area (Å²) >= 11 is 7.77. The Balaban J connectivity index is 1.55. The summed E-state index contributed by atoms with van der Waals surface area (Å²) in [4.78, 5) is 12.2. The van der Waals surface area contributed by atoms with Crippen molar-refractivity contribution in [3.8, 4) is 11.5 Å². The second kappa shape index (κ2) is 8.02. The molecule has 2 aromatic carbocycles. The fourth-order valence-corrected chi connectivity index (χ4v) is 3.63. The molecule has 3 rings (SSSR count). The molecule has 0 bridgehead atoms. The van der Waals surface area contributed by atoms with E-state index in [2.05, 4.69) is 5.32 Å². The zero-order chi connectivity index (χ0) is 17.8. The molecule has 2 aromatic rings. The van der Waals surface area contributed by atoms with Crippen LogP contribution in [0.2, 0.25) is 5.02 Å². The Bertz CT molecular complexity index is 794. The van der Waals surface area contributed by atoms with Crippen LogP contribution in [-0.4, -0.2) is 24.9 Å². The molecule has 0 saturated carbocycles. The van der Waals surface area contributed by atoms with Crippen molar-refractivity contribution >= 4 is 35.0 Å². The molecular weight excluding hydrogens is 358 g/mol. The number of nitrogens with one attached hydrogen (secondary N) is 1. The molecule has 0 fully saturated rings. The summed E-state index contributed by atoms with van der Waals surface area (Å²) in [5, 5.41) is 3.52. The first-order valence-electron chi connectivity index (χ1n) is 8.06. The van der Waals surface area contributed by atoms with Gasteiger partial charge in [0.15, 0.2) is 11.5 Å². The number of benzene rings is 2. The van der Waals surface area contributed by atoms with E-state index in [1.165, 1.54) is 11.8 Å². The summed E-state index contributed by atoms with van der Waals surface area (Å²) in [6.07, 6.45) is 0. The number of hydrogen-bond donors (Lipinski definition) is 1. The number of halogens is 1. The first-order valence-corrected chi connectivity index (χ1v) is 9.59. The zero-order valence-corrected chi connectivity index (χ0v) is 15.8. The second-order valence-corrected chi connectivity index (χ2v) is 7.28. The largest absolute Gasteiger partial charge is 0.486 e. The molecule has 4 nitrogen and oxygen atoms in total. The van der Waals surface area contributed by atoms with Gasteiger partial charge in [-0.1, -0.05) is 23.7 Å². The Labute approximate surface area is 156 Å². The minimum Gasteiger partial charge on any atom is -0.486 e. The highest BCUT2D eigenvalue weighted by Gasteiger charge is 2.16. The SMILES string of the molecule is Cc1cccc(NC(=O)CSCc2cc(Cl)c3c(c2)OCCO3)c1C. The van der Waals surface area contributed by atoms with Gasteiger partial charge in [0.1, 0.15) is 13.2 Å². The van der Waals surface area contributed by atoms with E-state index < -0.39 is 0 Å². The van der Waals surface area contributed by atoms with Crippen LogP contribution in [0.4, 0.5) is 5.69 Å². The average Bonchev–Trinajstić information content (AvgIpc) is 2.59. The Kier molecular flexibility index (Phi) is 5.76. The van der Waals surface area contributed by atoms with Gasteiger partial charge in [-0.15, -0.1) is 11.8 Å². The zero-order valence-electron chi connectivity index (χ0n) is 14.2. The summed E-state index contributed by atoms with van der Waals surface area (Å²) in [7, 11) is 0. The molecular formula is C19H20ClNO3S. The molecule has 6 heteroatoms. The van der Waals surface area contributed by atoms with Crippen LogP contribution in [-0.2, 0) is 10.5 Å². The number of aryl methyl sites for hydroxylation is 1. The van der Waals surface area contributed by atoms with Gasteiger partial charge in [-0.25, -0.2) is 0 Å². The molecule has 1 N–H and O–H groups in total. The lowest BCUT2D eigenvalue weighted by molar-refractivity contribution is -0.113. The third kappa shape index (κ3) is 4.41. The monoisotopic (exact) mass is 377 g/mol. The lowest BCUT2D eigenvalue weighted by atomic mass is 10.1. The van der Waals surface area contributed by atoms with E-state index in [0.717, 1.165) is 22.4 Å². The predicted molar refractivity (Wildman–Crippen MR) is 103 cm³/mol. The molecule has 1 heterocycles. The number of anilines is 1. The van der Waals surface area contributed by atoms with Crippen LogP contribution in [0.1, 0.15) is 16.7 Å². The van der Waals surface area contributed by atoms with Gasteiger partial charge < -0.3 is 14.8 Å². The molecule has 0 unspecified atom stereocenters. The molecule has 0 saturated heterocycles. The third-order valence-corrected chi connectivity index (χ3v) is 5.32. The van der Waals surface area contributed by atoms with Crippen molar-refractivity contribution in [2.75, 3.05) is 24.3 Å². The molecule has 0 radical (unpaired) electrons. The highest BCUT2D eigenvalue weighted by Crippen LogP contribution is 2.39. The van der Waals surface area contributed by atoms with Crippen molar-refractivity contribution in [3.63, 3.8) is 0 Å². The summed E-state index contributed by atoms with van der Waals surface area (Å²) in [5.74, 6) is 2.32. The molecule has 1 aliphatic rings. The van der Waals surface area contributed by atoms with E-state index in [0.29, 0.717) is 41.2 Å². The molecule has 132 valence electrons. The average molecular weight is 378 g/mol. The maximum atomic E-state index is 12.2. The summed E-state index contributed by atoms with van der Waals surface area (Å²) < 4.78 is 11.1. The van der Waals surface area contributed by atoms with E-state index in [-0.39, 0.29) is 5.91 Å². The van der Waals surface area contributed by atoms with Crippen molar-refractivity contribution in [1.29, 1.82) is 0 Å². The van der Waals surface area contributed by atoms with Gasteiger partial charge in [0.25, 0.3) is 0 Å². The Morgan fingerprint density at radius 3 is 2.88 bits per heavy atom. The van der Waals surface area contributed by atoms with E-state index >= 15 is 0 Å². The first kappa shape index (κ1) is 18.0.